The van der Waals surface area contributed by atoms with Crippen LogP contribution in [0.5, 0.6) is 0 Å². The van der Waals surface area contributed by atoms with E-state index >= 15 is 0 Å². The monoisotopic (exact) mass is 556 g/mol. The van der Waals surface area contributed by atoms with Crippen molar-refractivity contribution in [3.8, 4) is 0 Å². The van der Waals surface area contributed by atoms with E-state index in [-0.39, 0.29) is 18.6 Å². The molecular weight excluding hydrogens is 524 g/mol. The Kier molecular flexibility index (Phi) is 6.22. The molecule has 38 heavy (non-hydrogen) atoms. The predicted octanol–water partition coefficient (Wildman–Crippen LogP) is 1.55. The number of rotatable bonds is 3. The lowest BCUT2D eigenvalue weighted by Gasteiger charge is -2.62. The lowest BCUT2D eigenvalue weighted by Crippen LogP contribution is -2.76. The van der Waals surface area contributed by atoms with Crippen molar-refractivity contribution < 1.29 is 52.7 Å². The van der Waals surface area contributed by atoms with Crippen LogP contribution in [-0.2, 0) is 47.6 Å². The number of alkyl halides is 1. The lowest BCUT2D eigenvalue weighted by atomic mass is 9.51. The number of aliphatic hydroxyl groups is 1. The van der Waals surface area contributed by atoms with Crippen LogP contribution in [0.1, 0.15) is 53.9 Å². The summed E-state index contributed by atoms with van der Waals surface area (Å²) in [5.41, 5.74) is -3.90. The predicted molar refractivity (Wildman–Crippen MR) is 127 cm³/mol. The van der Waals surface area contributed by atoms with Crippen LogP contribution in [0.25, 0.3) is 0 Å². The number of fused-ring (bicyclic) bond motifs is 3. The Morgan fingerprint density at radius 2 is 1.66 bits per heavy atom. The third-order valence-electron chi connectivity index (χ3n) is 9.25. The minimum atomic E-state index is -2.21. The molecule has 5 aliphatic rings. The number of ether oxygens (including phenoxy) is 6. The van der Waals surface area contributed by atoms with E-state index < -0.39 is 87.9 Å². The van der Waals surface area contributed by atoms with Gasteiger partial charge in [-0.3, -0.25) is 19.2 Å². The molecule has 4 heterocycles. The summed E-state index contributed by atoms with van der Waals surface area (Å²) in [4.78, 5) is 50.4. The largest absolute Gasteiger partial charge is 0.462 e. The van der Waals surface area contributed by atoms with Crippen LogP contribution >= 0.6 is 11.6 Å². The van der Waals surface area contributed by atoms with Gasteiger partial charge in [-0.05, 0) is 19.8 Å². The van der Waals surface area contributed by atoms with E-state index in [1.165, 1.54) is 20.8 Å². The van der Waals surface area contributed by atoms with Gasteiger partial charge in [0, 0.05) is 38.7 Å². The van der Waals surface area contributed by atoms with Gasteiger partial charge in [-0.1, -0.05) is 13.5 Å². The first-order chi connectivity index (χ1) is 17.6. The molecular formula is C26H33ClO11. The number of esters is 4. The molecule has 1 aliphatic carbocycles. The Morgan fingerprint density at radius 1 is 1.08 bits per heavy atom. The number of carbonyl (C=O) groups is 4. The molecule has 1 saturated carbocycles. The molecule has 0 aromatic rings. The van der Waals surface area contributed by atoms with E-state index in [9.17, 15) is 24.3 Å². The topological polar surface area (TPSA) is 147 Å². The minimum Gasteiger partial charge on any atom is -0.462 e. The number of hydrogen-bond donors (Lipinski definition) is 1. The molecule has 2 bridgehead atoms. The van der Waals surface area contributed by atoms with Gasteiger partial charge >= 0.3 is 23.9 Å². The van der Waals surface area contributed by atoms with Gasteiger partial charge in [0.05, 0.1) is 28.9 Å². The molecule has 5 rings (SSSR count). The van der Waals surface area contributed by atoms with Crippen LogP contribution in [0.2, 0.25) is 0 Å². The van der Waals surface area contributed by atoms with Gasteiger partial charge < -0.3 is 33.5 Å². The second kappa shape index (κ2) is 8.64. The maximum atomic E-state index is 13.1. The van der Waals surface area contributed by atoms with Crippen molar-refractivity contribution in [1.29, 1.82) is 0 Å². The Morgan fingerprint density at radius 3 is 2.21 bits per heavy atom. The van der Waals surface area contributed by atoms with Gasteiger partial charge in [0.25, 0.3) is 0 Å². The van der Waals surface area contributed by atoms with Crippen LogP contribution in [0.15, 0.2) is 12.2 Å². The molecule has 0 aromatic carbocycles. The molecule has 11 nitrogen and oxygen atoms in total. The molecule has 0 unspecified atom stereocenters. The lowest BCUT2D eigenvalue weighted by molar-refractivity contribution is -0.353. The molecule has 0 amide bonds. The molecule has 0 radical (unpaired) electrons. The minimum absolute atomic E-state index is 0.000278. The number of hydrogen-bond acceptors (Lipinski definition) is 11. The third kappa shape index (κ3) is 3.65. The summed E-state index contributed by atoms with van der Waals surface area (Å²) in [6.45, 7) is 11.3. The Balaban J connectivity index is 1.82. The zero-order valence-corrected chi connectivity index (χ0v) is 22.7. The summed E-state index contributed by atoms with van der Waals surface area (Å²) < 4.78 is 35.9. The van der Waals surface area contributed by atoms with Crippen molar-refractivity contribution in [1.82, 2.24) is 0 Å². The fraction of sp³-hybridized carbons (Fsp3) is 0.769. The normalized spacial score (nSPS) is 49.1. The number of carbonyl (C=O) groups excluding carboxylic acids is 4. The number of epoxide rings is 1. The average molecular weight is 557 g/mol. The van der Waals surface area contributed by atoms with Gasteiger partial charge in [-0.15, -0.1) is 11.6 Å². The van der Waals surface area contributed by atoms with E-state index in [4.69, 9.17) is 40.0 Å². The highest BCUT2D eigenvalue weighted by Gasteiger charge is 2.80. The van der Waals surface area contributed by atoms with Crippen LogP contribution in [0.4, 0.5) is 0 Å². The maximum absolute atomic E-state index is 13.1. The zero-order chi connectivity index (χ0) is 28.0. The fourth-order valence-corrected chi connectivity index (χ4v) is 7.86. The molecule has 12 heteroatoms. The first-order valence-corrected chi connectivity index (χ1v) is 13.2. The molecule has 4 saturated heterocycles. The summed E-state index contributed by atoms with van der Waals surface area (Å²) >= 11 is 6.80. The highest BCUT2D eigenvalue weighted by molar-refractivity contribution is 6.23. The molecule has 1 N–H and O–H groups in total. The summed E-state index contributed by atoms with van der Waals surface area (Å²) in [5.74, 6) is -6.60. The van der Waals surface area contributed by atoms with Crippen LogP contribution in [0.3, 0.4) is 0 Å². The Labute approximate surface area is 225 Å². The van der Waals surface area contributed by atoms with Crippen molar-refractivity contribution in [2.45, 2.75) is 101 Å². The van der Waals surface area contributed by atoms with E-state index in [1.54, 1.807) is 13.8 Å². The first kappa shape index (κ1) is 27.4. The van der Waals surface area contributed by atoms with Crippen LogP contribution < -0.4 is 0 Å². The smallest absolute Gasteiger partial charge is 0.312 e. The van der Waals surface area contributed by atoms with Crippen molar-refractivity contribution in [3.05, 3.63) is 12.2 Å². The average Bonchev–Trinajstić information content (AvgIpc) is 3.53. The molecule has 11 atom stereocenters. The highest BCUT2D eigenvalue weighted by atomic mass is 35.5. The zero-order valence-electron chi connectivity index (χ0n) is 22.0. The van der Waals surface area contributed by atoms with Gasteiger partial charge in [-0.2, -0.15) is 0 Å². The van der Waals surface area contributed by atoms with Crippen molar-refractivity contribution in [2.24, 2.45) is 17.3 Å². The van der Waals surface area contributed by atoms with Crippen molar-refractivity contribution in [3.63, 3.8) is 0 Å². The van der Waals surface area contributed by atoms with E-state index in [1.807, 2.05) is 0 Å². The molecule has 0 aromatic heterocycles. The van der Waals surface area contributed by atoms with Gasteiger partial charge in [0.2, 0.25) is 0 Å². The molecule has 5 fully saturated rings. The van der Waals surface area contributed by atoms with E-state index in [2.05, 4.69) is 6.58 Å². The van der Waals surface area contributed by atoms with E-state index in [0.29, 0.717) is 12.8 Å². The first-order valence-electron chi connectivity index (χ1n) is 12.7. The molecule has 210 valence electrons. The summed E-state index contributed by atoms with van der Waals surface area (Å²) in [6, 6.07) is 0. The van der Waals surface area contributed by atoms with E-state index in [0.717, 1.165) is 0 Å². The van der Waals surface area contributed by atoms with Gasteiger partial charge in [-0.25, -0.2) is 0 Å². The number of halogens is 1. The van der Waals surface area contributed by atoms with Crippen LogP contribution in [0, 0.1) is 17.3 Å². The van der Waals surface area contributed by atoms with Gasteiger partial charge in [0.1, 0.15) is 18.3 Å². The second-order valence-electron chi connectivity index (χ2n) is 11.4. The quantitative estimate of drug-likeness (QED) is 0.177. The van der Waals surface area contributed by atoms with Crippen LogP contribution in [-0.4, -0.2) is 82.4 Å². The molecule has 2 spiro atoms. The highest BCUT2D eigenvalue weighted by Crippen LogP contribution is 2.66. The standard InChI is InChI=1S/C26H33ClO11/c1-11-18(27)20-26(12(2)22(31)37-20)21(36-15(5)30)19-23(6,17(35-14(4)29)9-25(11,32)38-26)16(34-13(3)28)7-8-24(19)10-33-24/h12,16-21,32H,1,7-10H2,2-6H3/t12-,16-,17-,18-,19+,20-,21-,23+,24-,25-,26-/m0/s1. The third-order valence-corrected chi connectivity index (χ3v) is 9.74. The Hall–Kier alpha value is -2.21. The fourth-order valence-electron chi connectivity index (χ4n) is 7.44. The van der Waals surface area contributed by atoms with Crippen molar-refractivity contribution in [2.75, 3.05) is 6.61 Å². The summed E-state index contributed by atoms with van der Waals surface area (Å²) in [7, 11) is 0. The second-order valence-corrected chi connectivity index (χ2v) is 11.9. The Bertz CT molecular complexity index is 1100. The maximum Gasteiger partial charge on any atom is 0.312 e. The SMILES string of the molecule is C=C1[C@H](Cl)[C@@H]2OC(=O)[C@H](C)[C@]23O[C@@]1(O)C[C@H](OC(C)=O)[C@@]1(C)[C@@H](OC(C)=O)CC[C@]2(CO2)[C@@H]1[C@@H]3OC(C)=O. The summed E-state index contributed by atoms with van der Waals surface area (Å²) in [5, 5.41) is 10.9. The van der Waals surface area contributed by atoms with Gasteiger partial charge in [0.15, 0.2) is 17.5 Å². The summed E-state index contributed by atoms with van der Waals surface area (Å²) in [6.07, 6.45) is -3.94. The molecule has 4 aliphatic heterocycles. The van der Waals surface area contributed by atoms with Crippen molar-refractivity contribution >= 4 is 35.5 Å².